The van der Waals surface area contributed by atoms with Crippen molar-refractivity contribution in [2.75, 3.05) is 6.54 Å². The van der Waals surface area contributed by atoms with Crippen LogP contribution in [0.1, 0.15) is 37.8 Å². The third-order valence-corrected chi connectivity index (χ3v) is 5.07. The summed E-state index contributed by atoms with van der Waals surface area (Å²) in [5.41, 5.74) is 6.15. The van der Waals surface area contributed by atoms with Gasteiger partial charge in [-0.05, 0) is 19.3 Å². The molecule has 9 heteroatoms. The lowest BCUT2D eigenvalue weighted by Crippen LogP contribution is -2.47. The predicted molar refractivity (Wildman–Crippen MR) is 90.5 cm³/mol. The van der Waals surface area contributed by atoms with E-state index >= 15 is 0 Å². The second-order valence-electron chi connectivity index (χ2n) is 6.90. The first kappa shape index (κ1) is 18.1. The van der Waals surface area contributed by atoms with Gasteiger partial charge in [0.05, 0.1) is 18.3 Å². The molecule has 2 aliphatic rings. The van der Waals surface area contributed by atoms with E-state index in [9.17, 15) is 19.2 Å². The van der Waals surface area contributed by atoms with Crippen LogP contribution in [0.3, 0.4) is 0 Å². The van der Waals surface area contributed by atoms with Gasteiger partial charge in [0.15, 0.2) is 5.78 Å². The van der Waals surface area contributed by atoms with Crippen LogP contribution in [0, 0.1) is 5.92 Å². The smallest absolute Gasteiger partial charge is 0.240 e. The highest BCUT2D eigenvalue weighted by Crippen LogP contribution is 2.24. The molecule has 26 heavy (non-hydrogen) atoms. The molecule has 0 aliphatic carbocycles. The first-order valence-electron chi connectivity index (χ1n) is 8.85. The van der Waals surface area contributed by atoms with Crippen LogP contribution in [0.15, 0.2) is 12.5 Å². The molecule has 0 radical (unpaired) electrons. The van der Waals surface area contributed by atoms with Gasteiger partial charge in [-0.15, -0.1) is 0 Å². The van der Waals surface area contributed by atoms with Crippen molar-refractivity contribution in [2.45, 2.75) is 50.6 Å². The molecule has 0 spiro atoms. The van der Waals surface area contributed by atoms with Crippen molar-refractivity contribution >= 4 is 23.5 Å². The van der Waals surface area contributed by atoms with Crippen molar-refractivity contribution in [3.8, 4) is 0 Å². The number of rotatable bonds is 7. The van der Waals surface area contributed by atoms with Crippen LogP contribution >= 0.6 is 0 Å². The van der Waals surface area contributed by atoms with E-state index in [4.69, 9.17) is 5.73 Å². The quantitative estimate of drug-likeness (QED) is 0.588. The molecule has 3 atom stereocenters. The second-order valence-corrected chi connectivity index (χ2v) is 6.90. The van der Waals surface area contributed by atoms with Crippen molar-refractivity contribution in [3.05, 3.63) is 18.2 Å². The Balaban J connectivity index is 1.74. The first-order chi connectivity index (χ1) is 12.5. The van der Waals surface area contributed by atoms with E-state index in [1.54, 1.807) is 6.20 Å². The normalized spacial score (nSPS) is 23.7. The van der Waals surface area contributed by atoms with E-state index in [1.807, 2.05) is 0 Å². The number of imidazole rings is 1. The zero-order chi connectivity index (χ0) is 18.7. The van der Waals surface area contributed by atoms with Crippen LogP contribution in [0.4, 0.5) is 0 Å². The number of amides is 3. The third kappa shape index (κ3) is 3.92. The van der Waals surface area contributed by atoms with Gasteiger partial charge in [-0.2, -0.15) is 0 Å². The van der Waals surface area contributed by atoms with Crippen LogP contribution in [-0.4, -0.2) is 57.0 Å². The minimum Gasteiger partial charge on any atom is -0.368 e. The highest BCUT2D eigenvalue weighted by Gasteiger charge is 2.38. The number of likely N-dealkylation sites (tertiary alicyclic amines) is 1. The molecule has 0 saturated carbocycles. The third-order valence-electron chi connectivity index (χ3n) is 5.07. The number of nitrogens with zero attached hydrogens (tertiary/aromatic N) is 2. The molecule has 3 amide bonds. The molecule has 2 saturated heterocycles. The number of carbonyl (C=O) groups is 4. The Labute approximate surface area is 150 Å². The molecule has 0 bridgehead atoms. The Bertz CT molecular complexity index is 702. The molecule has 2 aliphatic heterocycles. The Morgan fingerprint density at radius 3 is 2.77 bits per heavy atom. The number of aromatic amines is 1. The Hall–Kier alpha value is -2.71. The Morgan fingerprint density at radius 2 is 2.15 bits per heavy atom. The highest BCUT2D eigenvalue weighted by atomic mass is 16.2. The minimum atomic E-state index is -0.625. The minimum absolute atomic E-state index is 0.00474. The summed E-state index contributed by atoms with van der Waals surface area (Å²) < 4.78 is 0. The summed E-state index contributed by atoms with van der Waals surface area (Å²) in [5.74, 6) is -1.71. The second kappa shape index (κ2) is 7.67. The summed E-state index contributed by atoms with van der Waals surface area (Å²) in [6, 6.07) is -1.15. The molecular formula is C17H23N5O4. The van der Waals surface area contributed by atoms with Gasteiger partial charge in [-0.25, -0.2) is 4.98 Å². The van der Waals surface area contributed by atoms with Gasteiger partial charge >= 0.3 is 0 Å². The van der Waals surface area contributed by atoms with Gasteiger partial charge in [0, 0.05) is 37.7 Å². The maximum Gasteiger partial charge on any atom is 0.240 e. The van der Waals surface area contributed by atoms with Gasteiger partial charge in [-0.3, -0.25) is 19.2 Å². The largest absolute Gasteiger partial charge is 0.368 e. The van der Waals surface area contributed by atoms with Crippen molar-refractivity contribution in [2.24, 2.45) is 11.7 Å². The molecule has 2 fully saturated rings. The number of hydrogen-bond acceptors (Lipinski definition) is 5. The number of primary amides is 1. The first-order valence-corrected chi connectivity index (χ1v) is 8.85. The number of nitrogens with one attached hydrogen (secondary N) is 2. The average Bonchev–Trinajstić information content (AvgIpc) is 3.34. The fourth-order valence-electron chi connectivity index (χ4n) is 3.71. The maximum atomic E-state index is 13.0. The zero-order valence-electron chi connectivity index (χ0n) is 14.4. The van der Waals surface area contributed by atoms with Crippen molar-refractivity contribution in [3.63, 3.8) is 0 Å². The van der Waals surface area contributed by atoms with E-state index in [0.717, 1.165) is 5.69 Å². The lowest BCUT2D eigenvalue weighted by molar-refractivity contribution is -0.142. The monoisotopic (exact) mass is 361 g/mol. The maximum absolute atomic E-state index is 13.0. The number of hydrogen-bond donors (Lipinski definition) is 3. The predicted octanol–water partition coefficient (Wildman–Crippen LogP) is -0.717. The summed E-state index contributed by atoms with van der Waals surface area (Å²) in [6.07, 6.45) is 5.47. The summed E-state index contributed by atoms with van der Waals surface area (Å²) >= 11 is 0. The molecule has 3 unspecified atom stereocenters. The standard InChI is InChI=1S/C17H23N5O4/c18-16(25)13-2-1-5-22(13)17(26)10(6-11-8-19-9-20-11)7-14(23)12-3-4-15(24)21-12/h8-10,12-13H,1-7H2,(H2,18,25)(H,19,20)(H,21,24). The fourth-order valence-corrected chi connectivity index (χ4v) is 3.71. The molecule has 3 rings (SSSR count). The summed E-state index contributed by atoms with van der Waals surface area (Å²) in [5, 5.41) is 2.65. The van der Waals surface area contributed by atoms with Gasteiger partial charge in [-0.1, -0.05) is 0 Å². The number of ketones is 1. The summed E-state index contributed by atoms with van der Waals surface area (Å²) in [6.45, 7) is 0.459. The molecule has 1 aromatic heterocycles. The van der Waals surface area contributed by atoms with Gasteiger partial charge in [0.2, 0.25) is 17.7 Å². The number of nitrogens with two attached hydrogens (primary N) is 1. The highest BCUT2D eigenvalue weighted by molar-refractivity contribution is 5.95. The van der Waals surface area contributed by atoms with Crippen LogP contribution in [0.5, 0.6) is 0 Å². The number of carbonyl (C=O) groups excluding carboxylic acids is 4. The van der Waals surface area contributed by atoms with Gasteiger partial charge in [0.1, 0.15) is 6.04 Å². The summed E-state index contributed by atoms with van der Waals surface area (Å²) in [7, 11) is 0. The van der Waals surface area contributed by atoms with Gasteiger partial charge < -0.3 is 20.9 Å². The molecule has 140 valence electrons. The number of Topliss-reactive ketones (excluding diaryl/α,β-unsaturated/α-hetero) is 1. The molecule has 4 N–H and O–H groups in total. The molecular weight excluding hydrogens is 338 g/mol. The van der Waals surface area contributed by atoms with Crippen molar-refractivity contribution in [1.82, 2.24) is 20.2 Å². The zero-order valence-corrected chi connectivity index (χ0v) is 14.4. The van der Waals surface area contributed by atoms with Crippen LogP contribution in [0.2, 0.25) is 0 Å². The Morgan fingerprint density at radius 1 is 1.35 bits per heavy atom. The molecule has 9 nitrogen and oxygen atoms in total. The molecule has 1 aromatic rings. The van der Waals surface area contributed by atoms with Gasteiger partial charge in [0.25, 0.3) is 0 Å². The van der Waals surface area contributed by atoms with Crippen LogP contribution in [0.25, 0.3) is 0 Å². The van der Waals surface area contributed by atoms with Crippen molar-refractivity contribution < 1.29 is 19.2 Å². The summed E-state index contributed by atoms with van der Waals surface area (Å²) in [4.78, 5) is 57.0. The van der Waals surface area contributed by atoms with E-state index in [-0.39, 0.29) is 24.0 Å². The molecule has 0 aromatic carbocycles. The lowest BCUT2D eigenvalue weighted by atomic mass is 9.92. The van der Waals surface area contributed by atoms with E-state index in [2.05, 4.69) is 15.3 Å². The van der Waals surface area contributed by atoms with Crippen LogP contribution < -0.4 is 11.1 Å². The SMILES string of the molecule is NC(=O)C1CCCN1C(=O)C(CC(=O)C1CCC(=O)N1)Cc1cnc[nH]1. The van der Waals surface area contributed by atoms with E-state index in [0.29, 0.717) is 38.6 Å². The van der Waals surface area contributed by atoms with Crippen molar-refractivity contribution in [1.29, 1.82) is 0 Å². The average molecular weight is 361 g/mol. The van der Waals surface area contributed by atoms with E-state index in [1.165, 1.54) is 11.2 Å². The van der Waals surface area contributed by atoms with Crippen LogP contribution in [-0.2, 0) is 25.6 Å². The number of aromatic nitrogens is 2. The van der Waals surface area contributed by atoms with E-state index < -0.39 is 23.9 Å². The number of H-pyrrole nitrogens is 1. The topological polar surface area (TPSA) is 138 Å². The lowest BCUT2D eigenvalue weighted by Gasteiger charge is -2.27. The fraction of sp³-hybridized carbons (Fsp3) is 0.588. The molecule has 3 heterocycles. The Kier molecular flexibility index (Phi) is 5.34.